The average Bonchev–Trinajstić information content (AvgIpc) is 3.05. The first-order valence-electron chi connectivity index (χ1n) is 7.11. The van der Waals surface area contributed by atoms with Gasteiger partial charge in [-0.25, -0.2) is 4.39 Å². The second kappa shape index (κ2) is 13.0. The fourth-order valence-electron chi connectivity index (χ4n) is 2.28. The SMILES string of the molecule is C=O.CC.CC.CN1CCC(N2CCC(F)C2)C1. The van der Waals surface area contributed by atoms with Crippen molar-refractivity contribution in [2.45, 2.75) is 52.8 Å². The molecule has 0 N–H and O–H groups in total. The lowest BCUT2D eigenvalue weighted by Gasteiger charge is -2.22. The Morgan fingerprint density at radius 3 is 1.89 bits per heavy atom. The van der Waals surface area contributed by atoms with Gasteiger partial charge in [0, 0.05) is 25.7 Å². The molecule has 4 heteroatoms. The molecule has 0 radical (unpaired) electrons. The molecule has 0 amide bonds. The summed E-state index contributed by atoms with van der Waals surface area (Å²) in [6.45, 7) is 14.0. The zero-order valence-electron chi connectivity index (χ0n) is 12.8. The number of halogens is 1. The summed E-state index contributed by atoms with van der Waals surface area (Å²) >= 11 is 0. The Hall–Kier alpha value is -0.480. The lowest BCUT2D eigenvalue weighted by molar-refractivity contribution is -0.0979. The summed E-state index contributed by atoms with van der Waals surface area (Å²) in [5.41, 5.74) is 0. The highest BCUT2D eigenvalue weighted by atomic mass is 19.1. The Bertz CT molecular complexity index is 163. The van der Waals surface area contributed by atoms with Crippen LogP contribution in [0.15, 0.2) is 0 Å². The number of hydrogen-bond acceptors (Lipinski definition) is 3. The summed E-state index contributed by atoms with van der Waals surface area (Å²) in [5, 5.41) is 0. The average molecular weight is 262 g/mol. The molecule has 0 aromatic rings. The van der Waals surface area contributed by atoms with Crippen LogP contribution in [0.2, 0.25) is 0 Å². The minimum absolute atomic E-state index is 0.559. The van der Waals surface area contributed by atoms with Gasteiger partial charge in [0.25, 0.3) is 0 Å². The van der Waals surface area contributed by atoms with Gasteiger partial charge in [-0.3, -0.25) is 4.90 Å². The Labute approximate surface area is 112 Å². The van der Waals surface area contributed by atoms with Crippen molar-refractivity contribution in [3.63, 3.8) is 0 Å². The Morgan fingerprint density at radius 1 is 1.00 bits per heavy atom. The minimum Gasteiger partial charge on any atom is -0.307 e. The molecule has 110 valence electrons. The van der Waals surface area contributed by atoms with Gasteiger partial charge in [-0.15, -0.1) is 0 Å². The van der Waals surface area contributed by atoms with E-state index < -0.39 is 6.17 Å². The van der Waals surface area contributed by atoms with E-state index in [9.17, 15) is 4.39 Å². The molecule has 2 aliphatic heterocycles. The summed E-state index contributed by atoms with van der Waals surface area (Å²) in [5.74, 6) is 0. The lowest BCUT2D eigenvalue weighted by Crippen LogP contribution is -2.35. The van der Waals surface area contributed by atoms with E-state index in [4.69, 9.17) is 4.79 Å². The van der Waals surface area contributed by atoms with Crippen molar-refractivity contribution >= 4 is 6.79 Å². The third-order valence-corrected chi connectivity index (χ3v) is 3.05. The maximum Gasteiger partial charge on any atom is 0.114 e. The van der Waals surface area contributed by atoms with Crippen molar-refractivity contribution in [2.75, 3.05) is 33.2 Å². The number of alkyl halides is 1. The zero-order valence-corrected chi connectivity index (χ0v) is 12.8. The van der Waals surface area contributed by atoms with E-state index in [-0.39, 0.29) is 0 Å². The lowest BCUT2D eigenvalue weighted by atomic mass is 10.2. The maximum atomic E-state index is 12.9. The molecule has 2 saturated heterocycles. The number of nitrogens with zero attached hydrogens (tertiary/aromatic N) is 2. The molecule has 0 spiro atoms. The van der Waals surface area contributed by atoms with Crippen molar-refractivity contribution in [3.05, 3.63) is 0 Å². The predicted octanol–water partition coefficient (Wildman–Crippen LogP) is 2.60. The summed E-state index contributed by atoms with van der Waals surface area (Å²) in [6.07, 6.45) is 1.42. The normalized spacial score (nSPS) is 27.2. The first kappa shape index (κ1) is 19.9. The Balaban J connectivity index is 0. The van der Waals surface area contributed by atoms with Crippen molar-refractivity contribution < 1.29 is 9.18 Å². The van der Waals surface area contributed by atoms with Gasteiger partial charge in [-0.1, -0.05) is 27.7 Å². The van der Waals surface area contributed by atoms with Crippen LogP contribution in [0.3, 0.4) is 0 Å². The summed E-state index contributed by atoms with van der Waals surface area (Å²) in [4.78, 5) is 12.6. The molecule has 2 fully saturated rings. The van der Waals surface area contributed by atoms with Crippen LogP contribution in [-0.4, -0.2) is 62.0 Å². The van der Waals surface area contributed by atoms with Gasteiger partial charge >= 0.3 is 0 Å². The molecule has 3 nitrogen and oxygen atoms in total. The zero-order chi connectivity index (χ0) is 14.6. The number of likely N-dealkylation sites (N-methyl/N-ethyl adjacent to an activating group) is 1. The molecule has 2 heterocycles. The monoisotopic (exact) mass is 262 g/mol. The van der Waals surface area contributed by atoms with Crippen LogP contribution in [0.5, 0.6) is 0 Å². The maximum absolute atomic E-state index is 12.9. The standard InChI is InChI=1S/C9H17FN2.2C2H6.CH2O/c1-11-4-3-9(7-11)12-5-2-8(10)6-12;3*1-2/h8-9H,2-7H2,1H3;2*1-2H3;1H2. The predicted molar refractivity (Wildman–Crippen MR) is 76.8 cm³/mol. The smallest absolute Gasteiger partial charge is 0.114 e. The van der Waals surface area contributed by atoms with Gasteiger partial charge < -0.3 is 9.69 Å². The molecule has 0 saturated carbocycles. The van der Waals surface area contributed by atoms with Crippen LogP contribution in [-0.2, 0) is 4.79 Å². The van der Waals surface area contributed by atoms with E-state index >= 15 is 0 Å². The molecule has 0 aromatic heterocycles. The Kier molecular flexibility index (Phi) is 14.3. The molecular weight excluding hydrogens is 231 g/mol. The van der Waals surface area contributed by atoms with Crippen molar-refractivity contribution in [3.8, 4) is 0 Å². The van der Waals surface area contributed by atoms with Gasteiger partial charge in [0.05, 0.1) is 0 Å². The van der Waals surface area contributed by atoms with Crippen LogP contribution in [0.1, 0.15) is 40.5 Å². The van der Waals surface area contributed by atoms with Crippen LogP contribution in [0, 0.1) is 0 Å². The van der Waals surface area contributed by atoms with E-state index in [0.29, 0.717) is 12.6 Å². The third-order valence-electron chi connectivity index (χ3n) is 3.05. The van der Waals surface area contributed by atoms with E-state index in [1.807, 2.05) is 34.5 Å². The molecule has 0 aromatic carbocycles. The molecule has 2 unspecified atom stereocenters. The van der Waals surface area contributed by atoms with E-state index in [2.05, 4.69) is 16.8 Å². The van der Waals surface area contributed by atoms with E-state index in [0.717, 1.165) is 19.5 Å². The molecule has 0 aliphatic carbocycles. The highest BCUT2D eigenvalue weighted by Gasteiger charge is 2.31. The first-order valence-corrected chi connectivity index (χ1v) is 7.11. The molecular formula is C14H31FN2O. The van der Waals surface area contributed by atoms with Gasteiger partial charge in [0.15, 0.2) is 0 Å². The van der Waals surface area contributed by atoms with Crippen molar-refractivity contribution in [1.29, 1.82) is 0 Å². The largest absolute Gasteiger partial charge is 0.307 e. The van der Waals surface area contributed by atoms with Crippen LogP contribution < -0.4 is 0 Å². The van der Waals surface area contributed by atoms with Gasteiger partial charge in [0.2, 0.25) is 0 Å². The highest BCUT2D eigenvalue weighted by Crippen LogP contribution is 2.20. The third kappa shape index (κ3) is 7.07. The molecule has 0 bridgehead atoms. The van der Waals surface area contributed by atoms with Gasteiger partial charge in [-0.05, 0) is 26.4 Å². The fourth-order valence-corrected chi connectivity index (χ4v) is 2.28. The van der Waals surface area contributed by atoms with E-state index in [1.165, 1.54) is 13.0 Å². The van der Waals surface area contributed by atoms with Crippen molar-refractivity contribution in [1.82, 2.24) is 9.80 Å². The number of carbonyl (C=O) groups excluding carboxylic acids is 1. The van der Waals surface area contributed by atoms with Crippen LogP contribution >= 0.6 is 0 Å². The topological polar surface area (TPSA) is 23.6 Å². The highest BCUT2D eigenvalue weighted by molar-refractivity contribution is 5.11. The molecule has 2 aliphatic rings. The van der Waals surface area contributed by atoms with Gasteiger partial charge in [0.1, 0.15) is 13.0 Å². The number of rotatable bonds is 1. The van der Waals surface area contributed by atoms with Crippen molar-refractivity contribution in [2.24, 2.45) is 0 Å². The molecule has 18 heavy (non-hydrogen) atoms. The number of carbonyl (C=O) groups is 1. The van der Waals surface area contributed by atoms with E-state index in [1.54, 1.807) is 0 Å². The van der Waals surface area contributed by atoms with Crippen LogP contribution in [0.4, 0.5) is 4.39 Å². The summed E-state index contributed by atoms with van der Waals surface area (Å²) < 4.78 is 12.9. The number of hydrogen-bond donors (Lipinski definition) is 0. The number of likely N-dealkylation sites (tertiary alicyclic amines) is 2. The van der Waals surface area contributed by atoms with Gasteiger partial charge in [-0.2, -0.15) is 0 Å². The summed E-state index contributed by atoms with van der Waals surface area (Å²) in [6, 6.07) is 0.635. The summed E-state index contributed by atoms with van der Waals surface area (Å²) in [7, 11) is 2.14. The van der Waals surface area contributed by atoms with Crippen LogP contribution in [0.25, 0.3) is 0 Å². The quantitative estimate of drug-likeness (QED) is 0.726. The first-order chi connectivity index (χ1) is 8.75. The second-order valence-electron chi connectivity index (χ2n) is 4.09. The minimum atomic E-state index is -0.559. The second-order valence-corrected chi connectivity index (χ2v) is 4.09. The fraction of sp³-hybridized carbons (Fsp3) is 0.929. The Morgan fingerprint density at radius 2 is 1.56 bits per heavy atom. The molecule has 2 atom stereocenters. The molecule has 2 rings (SSSR count).